The highest BCUT2D eigenvalue weighted by Gasteiger charge is 2.21. The highest BCUT2D eigenvalue weighted by atomic mass is 35.5. The number of anilines is 1. The van der Waals surface area contributed by atoms with Crippen LogP contribution >= 0.6 is 11.6 Å². The zero-order valence-electron chi connectivity index (χ0n) is 24.2. The molecular weight excluding hydrogens is 561 g/mol. The zero-order valence-corrected chi connectivity index (χ0v) is 24.9. The third-order valence-electron chi connectivity index (χ3n) is 8.12. The molecule has 0 saturated heterocycles. The van der Waals surface area contributed by atoms with Gasteiger partial charge in [-0.1, -0.05) is 60.1 Å². The molecule has 222 valence electrons. The molecule has 8 heteroatoms. The molecule has 43 heavy (non-hydrogen) atoms. The molecule has 1 saturated carbocycles. The fourth-order valence-electron chi connectivity index (χ4n) is 5.82. The van der Waals surface area contributed by atoms with Crippen LogP contribution in [0.2, 0.25) is 5.02 Å². The van der Waals surface area contributed by atoms with E-state index < -0.39 is 0 Å². The summed E-state index contributed by atoms with van der Waals surface area (Å²) in [5.41, 5.74) is 5.87. The fraction of sp³-hybridized carbons (Fsp3) is 0.314. The first-order valence-electron chi connectivity index (χ1n) is 15.1. The zero-order chi connectivity index (χ0) is 29.4. The van der Waals surface area contributed by atoms with Gasteiger partial charge in [0.2, 0.25) is 0 Å². The molecule has 0 radical (unpaired) electrons. The van der Waals surface area contributed by atoms with Crippen molar-refractivity contribution in [1.29, 1.82) is 0 Å². The number of pyridine rings is 1. The third kappa shape index (κ3) is 7.79. The standard InChI is InChI=1S/C35H37ClFN5O/c36-32-21-39-35(41-30-13-11-29(12-14-30)38-16-5-17-43-23-25-6-2-1-3-7-25)20-31(32)27-10-15-33-34(19-27)42(24-40-33)22-26-8-4-9-28(37)18-26/h1-4,6-10,15,18-21,24,29-30,38H,5,11-14,16-17,22-23H2,(H,39,41)/t29-,30-. The minimum absolute atomic E-state index is 0.240. The van der Waals surface area contributed by atoms with Crippen molar-refractivity contribution in [2.75, 3.05) is 18.5 Å². The summed E-state index contributed by atoms with van der Waals surface area (Å²) in [5.74, 6) is 0.593. The van der Waals surface area contributed by atoms with Crippen molar-refractivity contribution < 1.29 is 9.13 Å². The summed E-state index contributed by atoms with van der Waals surface area (Å²) in [6.45, 7) is 2.96. The molecule has 0 spiro atoms. The van der Waals surface area contributed by atoms with E-state index in [1.54, 1.807) is 24.7 Å². The predicted molar refractivity (Wildman–Crippen MR) is 172 cm³/mol. The van der Waals surface area contributed by atoms with Crippen molar-refractivity contribution in [3.63, 3.8) is 0 Å². The van der Waals surface area contributed by atoms with Gasteiger partial charge in [0.25, 0.3) is 0 Å². The summed E-state index contributed by atoms with van der Waals surface area (Å²) in [5, 5.41) is 7.96. The Morgan fingerprint density at radius 1 is 0.884 bits per heavy atom. The van der Waals surface area contributed by atoms with E-state index in [9.17, 15) is 4.39 Å². The highest BCUT2D eigenvalue weighted by Crippen LogP contribution is 2.32. The first-order valence-corrected chi connectivity index (χ1v) is 15.5. The minimum Gasteiger partial charge on any atom is -0.377 e. The molecule has 1 aliphatic carbocycles. The van der Waals surface area contributed by atoms with Gasteiger partial charge in [-0.15, -0.1) is 0 Å². The second-order valence-corrected chi connectivity index (χ2v) is 11.7. The number of hydrogen-bond acceptors (Lipinski definition) is 5. The largest absolute Gasteiger partial charge is 0.377 e. The molecule has 3 aromatic carbocycles. The molecule has 6 nitrogen and oxygen atoms in total. The molecule has 5 aromatic rings. The van der Waals surface area contributed by atoms with Gasteiger partial charge in [-0.25, -0.2) is 14.4 Å². The van der Waals surface area contributed by atoms with Gasteiger partial charge in [0, 0.05) is 37.0 Å². The summed E-state index contributed by atoms with van der Waals surface area (Å²) in [6.07, 6.45) is 8.98. The van der Waals surface area contributed by atoms with Gasteiger partial charge in [0.15, 0.2) is 0 Å². The van der Waals surface area contributed by atoms with E-state index in [1.807, 2.05) is 47.0 Å². The Balaban J connectivity index is 1.01. The van der Waals surface area contributed by atoms with Gasteiger partial charge in [0.05, 0.1) is 29.0 Å². The minimum atomic E-state index is -0.240. The molecule has 6 rings (SSSR count). The second kappa shape index (κ2) is 14.1. The monoisotopic (exact) mass is 597 g/mol. The van der Waals surface area contributed by atoms with Gasteiger partial charge < -0.3 is 19.9 Å². The Bertz CT molecular complexity index is 1630. The van der Waals surface area contributed by atoms with Gasteiger partial charge in [-0.05, 0) is 85.7 Å². The summed E-state index contributed by atoms with van der Waals surface area (Å²) < 4.78 is 21.6. The Hall–Kier alpha value is -3.78. The number of imidazole rings is 1. The van der Waals surface area contributed by atoms with Crippen LogP contribution in [0.4, 0.5) is 10.2 Å². The molecule has 2 aromatic heterocycles. The molecule has 1 aliphatic rings. The van der Waals surface area contributed by atoms with Gasteiger partial charge in [0.1, 0.15) is 11.6 Å². The van der Waals surface area contributed by atoms with Gasteiger partial charge in [-0.2, -0.15) is 0 Å². The molecule has 1 fully saturated rings. The Morgan fingerprint density at radius 3 is 2.53 bits per heavy atom. The van der Waals surface area contributed by atoms with Crippen LogP contribution in [0, 0.1) is 5.82 Å². The van der Waals surface area contributed by atoms with Crippen LogP contribution < -0.4 is 10.6 Å². The van der Waals surface area contributed by atoms with E-state index >= 15 is 0 Å². The molecule has 0 aliphatic heterocycles. The van der Waals surface area contributed by atoms with Gasteiger partial charge >= 0.3 is 0 Å². The smallest absolute Gasteiger partial charge is 0.126 e. The Kier molecular flexibility index (Phi) is 9.63. The SMILES string of the molecule is Fc1cccc(Cn2cnc3ccc(-c4cc(N[C@H]5CC[C@H](NCCCOCc6ccccc6)CC5)ncc4Cl)cc32)c1. The topological polar surface area (TPSA) is 64.0 Å². The molecule has 0 atom stereocenters. The number of fused-ring (bicyclic) bond motifs is 1. The molecule has 2 N–H and O–H groups in total. The van der Waals surface area contributed by atoms with Crippen LogP contribution in [-0.2, 0) is 17.9 Å². The lowest BCUT2D eigenvalue weighted by atomic mass is 9.91. The van der Waals surface area contributed by atoms with Crippen molar-refractivity contribution in [3.05, 3.63) is 113 Å². The van der Waals surface area contributed by atoms with E-state index in [1.165, 1.54) is 11.6 Å². The van der Waals surface area contributed by atoms with E-state index in [4.69, 9.17) is 16.3 Å². The van der Waals surface area contributed by atoms with Crippen LogP contribution in [0.5, 0.6) is 0 Å². The number of hydrogen-bond donors (Lipinski definition) is 2. The molecule has 2 heterocycles. The second-order valence-electron chi connectivity index (χ2n) is 11.3. The first kappa shape index (κ1) is 29.3. The van der Waals surface area contributed by atoms with Gasteiger partial charge in [-0.3, -0.25) is 0 Å². The van der Waals surface area contributed by atoms with Crippen molar-refractivity contribution >= 4 is 28.5 Å². The lowest BCUT2D eigenvalue weighted by Gasteiger charge is -2.30. The average molecular weight is 598 g/mol. The molecular formula is C35H37ClFN5O. The summed E-state index contributed by atoms with van der Waals surface area (Å²) in [4.78, 5) is 9.12. The van der Waals surface area contributed by atoms with Crippen LogP contribution in [0.25, 0.3) is 22.2 Å². The maximum absolute atomic E-state index is 13.7. The number of rotatable bonds is 12. The van der Waals surface area contributed by atoms with Crippen LogP contribution in [0.1, 0.15) is 43.2 Å². The normalized spacial score (nSPS) is 16.9. The number of ether oxygens (including phenoxy) is 1. The maximum atomic E-state index is 13.7. The predicted octanol–water partition coefficient (Wildman–Crippen LogP) is 7.86. The van der Waals surface area contributed by atoms with Crippen molar-refractivity contribution in [3.8, 4) is 11.1 Å². The fourth-order valence-corrected chi connectivity index (χ4v) is 6.03. The number of nitrogens with one attached hydrogen (secondary N) is 2. The Labute approximate surface area is 257 Å². The van der Waals surface area contributed by atoms with Crippen LogP contribution in [-0.4, -0.2) is 39.8 Å². The first-order chi connectivity index (χ1) is 21.1. The lowest BCUT2D eigenvalue weighted by Crippen LogP contribution is -2.37. The van der Waals surface area contributed by atoms with E-state index in [2.05, 4.69) is 38.8 Å². The van der Waals surface area contributed by atoms with Crippen molar-refractivity contribution in [2.24, 2.45) is 0 Å². The van der Waals surface area contributed by atoms with Crippen molar-refractivity contribution in [2.45, 2.75) is 57.3 Å². The van der Waals surface area contributed by atoms with Crippen LogP contribution in [0.3, 0.4) is 0 Å². The summed E-state index contributed by atoms with van der Waals surface area (Å²) in [6, 6.07) is 26.1. The molecule has 0 amide bonds. The number of halogens is 2. The molecule has 0 unspecified atom stereocenters. The van der Waals surface area contributed by atoms with Crippen molar-refractivity contribution in [1.82, 2.24) is 19.9 Å². The number of benzene rings is 3. The number of nitrogens with zero attached hydrogens (tertiary/aromatic N) is 3. The highest BCUT2D eigenvalue weighted by molar-refractivity contribution is 6.33. The quantitative estimate of drug-likeness (QED) is 0.143. The number of aromatic nitrogens is 3. The summed E-state index contributed by atoms with van der Waals surface area (Å²) in [7, 11) is 0. The third-order valence-corrected chi connectivity index (χ3v) is 8.42. The molecule has 0 bridgehead atoms. The Morgan fingerprint density at radius 2 is 1.70 bits per heavy atom. The van der Waals surface area contributed by atoms with Crippen LogP contribution in [0.15, 0.2) is 91.4 Å². The maximum Gasteiger partial charge on any atom is 0.126 e. The lowest BCUT2D eigenvalue weighted by molar-refractivity contribution is 0.117. The van der Waals surface area contributed by atoms with E-state index in [-0.39, 0.29) is 5.82 Å². The van der Waals surface area contributed by atoms with E-state index in [0.29, 0.717) is 30.3 Å². The van der Waals surface area contributed by atoms with E-state index in [0.717, 1.165) is 78.8 Å². The average Bonchev–Trinajstić information content (AvgIpc) is 3.43. The summed E-state index contributed by atoms with van der Waals surface area (Å²) >= 11 is 6.64.